The number of nitrogens with zero attached hydrogens (tertiary/aromatic N) is 1. The van der Waals surface area contributed by atoms with Crippen LogP contribution in [-0.4, -0.2) is 5.78 Å². The normalized spacial score (nSPS) is 14.0. The van der Waals surface area contributed by atoms with Gasteiger partial charge in [0.2, 0.25) is 0 Å². The number of carbonyl (C=O) groups is 1. The van der Waals surface area contributed by atoms with Crippen LogP contribution in [0.2, 0.25) is 0 Å². The molecule has 2 radical (unpaired) electrons. The number of pyridine rings is 1. The summed E-state index contributed by atoms with van der Waals surface area (Å²) in [6.45, 7) is 3.10. The highest BCUT2D eigenvalue weighted by atomic mass is 16.1. The first-order valence-electron chi connectivity index (χ1n) is 5.89. The van der Waals surface area contributed by atoms with Gasteiger partial charge < -0.3 is 0 Å². The summed E-state index contributed by atoms with van der Waals surface area (Å²) in [5.41, 5.74) is 2.60. The highest BCUT2D eigenvalue weighted by Gasteiger charge is 2.27. The Morgan fingerprint density at radius 1 is 1.00 bits per heavy atom. The number of rotatable bonds is 2. The van der Waals surface area contributed by atoms with Crippen molar-refractivity contribution in [3.05, 3.63) is 84.2 Å². The van der Waals surface area contributed by atoms with Crippen LogP contribution in [-0.2, 0) is 6.42 Å². The first-order chi connectivity index (χ1) is 8.84. The van der Waals surface area contributed by atoms with Gasteiger partial charge >= 0.3 is 6.54 Å². The summed E-state index contributed by atoms with van der Waals surface area (Å²) >= 11 is 0. The Kier molecular flexibility index (Phi) is 2.77. The van der Waals surface area contributed by atoms with E-state index < -0.39 is 0 Å². The van der Waals surface area contributed by atoms with Gasteiger partial charge in [0.05, 0.1) is 0 Å². The van der Waals surface area contributed by atoms with Gasteiger partial charge in [0.1, 0.15) is 0 Å². The molecule has 0 fully saturated rings. The molecule has 2 heterocycles. The van der Waals surface area contributed by atoms with Crippen molar-refractivity contribution in [3.8, 4) is 0 Å². The van der Waals surface area contributed by atoms with Gasteiger partial charge in [0.25, 0.3) is 11.5 Å². The summed E-state index contributed by atoms with van der Waals surface area (Å²) in [5, 5.41) is 0. The highest BCUT2D eigenvalue weighted by molar-refractivity contribution is 6.07. The van der Waals surface area contributed by atoms with Crippen molar-refractivity contribution in [1.82, 2.24) is 0 Å². The monoisotopic (exact) mass is 234 g/mol. The van der Waals surface area contributed by atoms with Crippen LogP contribution in [0.3, 0.4) is 0 Å². The molecule has 0 N–H and O–H groups in total. The second-order valence-corrected chi connectivity index (χ2v) is 4.25. The minimum Gasteiger partial charge on any atom is -0.282 e. The molecule has 3 rings (SSSR count). The molecule has 18 heavy (non-hydrogen) atoms. The summed E-state index contributed by atoms with van der Waals surface area (Å²) in [4.78, 5) is 12.3. The van der Waals surface area contributed by atoms with Gasteiger partial charge in [-0.25, -0.2) is 0 Å². The molecule has 0 atom stereocenters. The number of ketones is 1. The lowest BCUT2D eigenvalue weighted by atomic mass is 9.97. The fraction of sp³-hybridized carbons (Fsp3) is 0.0625. The van der Waals surface area contributed by atoms with Gasteiger partial charge in [0.15, 0.2) is 6.20 Å². The number of hydrogen-bond donors (Lipinski definition) is 0. The zero-order valence-electron chi connectivity index (χ0n) is 9.84. The largest absolute Gasteiger partial charge is 0.339 e. The summed E-state index contributed by atoms with van der Waals surface area (Å²) < 4.78 is 1.73. The predicted molar refractivity (Wildman–Crippen MR) is 67.8 cm³/mol. The van der Waals surface area contributed by atoms with Crippen LogP contribution in [0.4, 0.5) is 0 Å². The third-order valence-electron chi connectivity index (χ3n) is 3.00. The summed E-state index contributed by atoms with van der Waals surface area (Å²) in [5.74, 6) is 0.0817. The first-order valence-corrected chi connectivity index (χ1v) is 5.89. The van der Waals surface area contributed by atoms with Crippen molar-refractivity contribution >= 4 is 5.78 Å². The maximum atomic E-state index is 12.3. The van der Waals surface area contributed by atoms with Crippen LogP contribution in [0.5, 0.6) is 0 Å². The molecule has 0 spiro atoms. The Labute approximate surface area is 106 Å². The number of carbonyl (C=O) groups excluding carboxylic acids is 1. The van der Waals surface area contributed by atoms with Gasteiger partial charge in [-0.3, -0.25) is 4.79 Å². The molecule has 1 aromatic heterocycles. The second-order valence-electron chi connectivity index (χ2n) is 4.25. The maximum absolute atomic E-state index is 12.3. The van der Waals surface area contributed by atoms with E-state index in [2.05, 4.69) is 6.54 Å². The number of aromatic nitrogens is 1. The third-order valence-corrected chi connectivity index (χ3v) is 3.00. The molecule has 86 valence electrons. The predicted octanol–water partition coefficient (Wildman–Crippen LogP) is 2.23. The van der Waals surface area contributed by atoms with E-state index in [1.807, 2.05) is 54.7 Å². The number of hydrogen-bond acceptors (Lipinski definition) is 1. The lowest BCUT2D eigenvalue weighted by Gasteiger charge is -2.09. The number of fused-ring (bicyclic) bond motifs is 1. The minimum absolute atomic E-state index is 0.0817. The van der Waals surface area contributed by atoms with E-state index in [0.717, 1.165) is 11.1 Å². The van der Waals surface area contributed by atoms with Crippen LogP contribution >= 0.6 is 0 Å². The average Bonchev–Trinajstić information content (AvgIpc) is 2.43. The van der Waals surface area contributed by atoms with Crippen LogP contribution < -0.4 is 4.57 Å². The molecule has 0 amide bonds. The van der Waals surface area contributed by atoms with Gasteiger partial charge in [-0.15, -0.1) is 0 Å². The molecule has 0 bridgehead atoms. The fourth-order valence-corrected chi connectivity index (χ4v) is 2.07. The minimum atomic E-state index is 0.0817. The zero-order valence-corrected chi connectivity index (χ0v) is 9.84. The molecule has 0 aliphatic carbocycles. The van der Waals surface area contributed by atoms with Gasteiger partial charge in [-0.1, -0.05) is 30.3 Å². The van der Waals surface area contributed by atoms with Crippen LogP contribution in [0.15, 0.2) is 66.4 Å². The molecule has 1 aromatic carbocycles. The number of benzene rings is 1. The highest BCUT2D eigenvalue weighted by Crippen LogP contribution is 2.15. The summed E-state index contributed by atoms with van der Waals surface area (Å²) in [6, 6.07) is 15.6. The van der Waals surface area contributed by atoms with Crippen molar-refractivity contribution in [2.24, 2.45) is 0 Å². The quantitative estimate of drug-likeness (QED) is 0.730. The SMILES string of the molecule is O=C1C(Cc2ccccc2)=C[C][n+]2ccccc21. The van der Waals surface area contributed by atoms with Crippen molar-refractivity contribution in [2.75, 3.05) is 0 Å². The molecule has 0 saturated carbocycles. The van der Waals surface area contributed by atoms with E-state index in [4.69, 9.17) is 0 Å². The average molecular weight is 234 g/mol. The van der Waals surface area contributed by atoms with E-state index >= 15 is 0 Å². The van der Waals surface area contributed by atoms with E-state index in [-0.39, 0.29) is 5.78 Å². The number of Topliss-reactive ketones (excluding diaryl/α,β-unsaturated/α-hetero) is 1. The maximum Gasteiger partial charge on any atom is 0.339 e. The standard InChI is InChI=1S/C16H12NO/c18-16-14(12-13-6-2-1-3-7-13)9-11-17-10-5-4-8-15(16)17/h1-10H,12H2/q+1. The molecule has 2 nitrogen and oxygen atoms in total. The Morgan fingerprint density at radius 3 is 2.61 bits per heavy atom. The van der Waals surface area contributed by atoms with Gasteiger partial charge in [0, 0.05) is 30.2 Å². The van der Waals surface area contributed by atoms with E-state index in [1.165, 1.54) is 0 Å². The van der Waals surface area contributed by atoms with Crippen LogP contribution in [0, 0.1) is 6.54 Å². The van der Waals surface area contributed by atoms with E-state index in [0.29, 0.717) is 12.1 Å². The first kappa shape index (κ1) is 10.9. The zero-order chi connectivity index (χ0) is 12.4. The van der Waals surface area contributed by atoms with Crippen molar-refractivity contribution in [1.29, 1.82) is 0 Å². The molecule has 1 aliphatic heterocycles. The Hall–Kier alpha value is -2.22. The Balaban J connectivity index is 1.88. The molecule has 0 saturated heterocycles. The van der Waals surface area contributed by atoms with Crippen molar-refractivity contribution in [3.63, 3.8) is 0 Å². The molecule has 2 aromatic rings. The molecule has 1 aliphatic rings. The summed E-state index contributed by atoms with van der Waals surface area (Å²) in [7, 11) is 0. The van der Waals surface area contributed by atoms with E-state index in [1.54, 1.807) is 10.6 Å². The fourth-order valence-electron chi connectivity index (χ4n) is 2.07. The van der Waals surface area contributed by atoms with Gasteiger partial charge in [-0.2, -0.15) is 4.57 Å². The van der Waals surface area contributed by atoms with Gasteiger partial charge in [-0.05, 0) is 11.6 Å². The van der Waals surface area contributed by atoms with Crippen LogP contribution in [0.25, 0.3) is 0 Å². The third kappa shape index (κ3) is 1.97. The Bertz CT molecular complexity index is 614. The molecule has 0 unspecified atom stereocenters. The second kappa shape index (κ2) is 4.57. The molecular weight excluding hydrogens is 222 g/mol. The smallest absolute Gasteiger partial charge is 0.282 e. The Morgan fingerprint density at radius 2 is 1.78 bits per heavy atom. The lowest BCUT2D eigenvalue weighted by molar-refractivity contribution is -0.630. The van der Waals surface area contributed by atoms with Crippen molar-refractivity contribution in [2.45, 2.75) is 6.42 Å². The molecular formula is C16H12NO+. The molecule has 2 heteroatoms. The van der Waals surface area contributed by atoms with E-state index in [9.17, 15) is 4.79 Å². The van der Waals surface area contributed by atoms with Crippen molar-refractivity contribution < 1.29 is 9.36 Å². The summed E-state index contributed by atoms with van der Waals surface area (Å²) in [6.07, 6.45) is 4.27. The number of allylic oxidation sites excluding steroid dienone is 2. The lowest BCUT2D eigenvalue weighted by Crippen LogP contribution is -2.41. The topological polar surface area (TPSA) is 20.9 Å². The van der Waals surface area contributed by atoms with Crippen LogP contribution in [0.1, 0.15) is 16.1 Å².